The molecule has 0 radical (unpaired) electrons. The summed E-state index contributed by atoms with van der Waals surface area (Å²) in [5, 5.41) is 0. The lowest BCUT2D eigenvalue weighted by Gasteiger charge is -2.29. The second-order valence-electron chi connectivity index (χ2n) is 8.44. The monoisotopic (exact) mass is 445 g/mol. The van der Waals surface area contributed by atoms with E-state index in [-0.39, 0.29) is 0 Å². The van der Waals surface area contributed by atoms with E-state index in [0.29, 0.717) is 0 Å². The Morgan fingerprint density at radius 2 is 1.26 bits per heavy atom. The molecule has 170 valence electrons. The van der Waals surface area contributed by atoms with Crippen LogP contribution in [-0.2, 0) is 0 Å². The molecule has 4 rings (SSSR count). The second-order valence-corrected chi connectivity index (χ2v) is 8.44. The van der Waals surface area contributed by atoms with Gasteiger partial charge in [-0.1, -0.05) is 78.9 Å². The highest BCUT2D eigenvalue weighted by atomic mass is 16.5. The Labute approximate surface area is 203 Å². The van der Waals surface area contributed by atoms with E-state index in [9.17, 15) is 0 Å². The highest BCUT2D eigenvalue weighted by Crippen LogP contribution is 2.39. The van der Waals surface area contributed by atoms with Gasteiger partial charge in [-0.2, -0.15) is 0 Å². The molecule has 0 bridgehead atoms. The van der Waals surface area contributed by atoms with Crippen LogP contribution in [0.2, 0.25) is 0 Å². The zero-order valence-electron chi connectivity index (χ0n) is 20.3. The molecule has 0 aliphatic rings. The molecule has 0 amide bonds. The average molecular weight is 446 g/mol. The maximum absolute atomic E-state index is 5.39. The molecule has 0 spiro atoms. The molecule has 0 heterocycles. The fraction of sp³-hybridized carbons (Fsp3) is 0.125. The number of allylic oxidation sites excluding steroid dienone is 2. The van der Waals surface area contributed by atoms with Crippen molar-refractivity contribution < 1.29 is 4.74 Å². The van der Waals surface area contributed by atoms with Crippen molar-refractivity contribution in [1.82, 2.24) is 0 Å². The van der Waals surface area contributed by atoms with Crippen molar-refractivity contribution in [2.45, 2.75) is 20.8 Å². The van der Waals surface area contributed by atoms with E-state index in [0.717, 1.165) is 17.1 Å². The number of ether oxygens (including phenoxy) is 1. The summed E-state index contributed by atoms with van der Waals surface area (Å²) >= 11 is 0. The van der Waals surface area contributed by atoms with Crippen molar-refractivity contribution in [3.8, 4) is 5.75 Å². The van der Waals surface area contributed by atoms with Crippen LogP contribution in [0.5, 0.6) is 5.75 Å². The van der Waals surface area contributed by atoms with Crippen LogP contribution in [0.3, 0.4) is 0 Å². The van der Waals surface area contributed by atoms with Gasteiger partial charge in [0.25, 0.3) is 0 Å². The molecule has 0 N–H and O–H groups in total. The Morgan fingerprint density at radius 3 is 1.91 bits per heavy atom. The molecule has 4 aromatic carbocycles. The topological polar surface area (TPSA) is 12.5 Å². The first-order chi connectivity index (χ1) is 16.6. The molecule has 2 heteroatoms. The average Bonchev–Trinajstić information content (AvgIpc) is 2.86. The van der Waals surface area contributed by atoms with Crippen LogP contribution in [0, 0.1) is 20.8 Å². The molecule has 0 saturated heterocycles. The Balaban J connectivity index is 1.68. The van der Waals surface area contributed by atoms with Crippen LogP contribution in [0.4, 0.5) is 17.1 Å². The third kappa shape index (κ3) is 5.29. The third-order valence-electron chi connectivity index (χ3n) is 5.98. The first-order valence-corrected chi connectivity index (χ1v) is 11.6. The Morgan fingerprint density at radius 1 is 0.618 bits per heavy atom. The normalized spacial score (nSPS) is 11.3. The highest BCUT2D eigenvalue weighted by Gasteiger charge is 2.17. The van der Waals surface area contributed by atoms with Gasteiger partial charge in [-0.3, -0.25) is 0 Å². The Kier molecular flexibility index (Phi) is 7.29. The lowest BCUT2D eigenvalue weighted by atomic mass is 10.0. The largest absolute Gasteiger partial charge is 0.497 e. The minimum Gasteiger partial charge on any atom is -0.497 e. The zero-order valence-corrected chi connectivity index (χ0v) is 20.3. The van der Waals surface area contributed by atoms with Gasteiger partial charge in [0.05, 0.1) is 12.8 Å². The maximum Gasteiger partial charge on any atom is 0.119 e. The predicted octanol–water partition coefficient (Wildman–Crippen LogP) is 8.82. The molecule has 34 heavy (non-hydrogen) atoms. The number of nitrogens with zero attached hydrogens (tertiary/aromatic N) is 1. The minimum atomic E-state index is 0.852. The molecule has 0 saturated carbocycles. The molecule has 0 aromatic heterocycles. The number of methoxy groups -OCH3 is 1. The zero-order chi connectivity index (χ0) is 23.9. The van der Waals surface area contributed by atoms with E-state index in [2.05, 4.69) is 123 Å². The third-order valence-corrected chi connectivity index (χ3v) is 5.98. The number of para-hydroxylation sites is 1. The summed E-state index contributed by atoms with van der Waals surface area (Å²) in [6.07, 6.45) is 8.46. The van der Waals surface area contributed by atoms with Crippen LogP contribution in [0.1, 0.15) is 27.8 Å². The minimum absolute atomic E-state index is 0.852. The summed E-state index contributed by atoms with van der Waals surface area (Å²) < 4.78 is 5.39. The number of hydrogen-bond donors (Lipinski definition) is 0. The van der Waals surface area contributed by atoms with Gasteiger partial charge < -0.3 is 9.64 Å². The predicted molar refractivity (Wildman–Crippen MR) is 146 cm³/mol. The second kappa shape index (κ2) is 10.7. The van der Waals surface area contributed by atoms with E-state index in [1.165, 1.54) is 33.5 Å². The van der Waals surface area contributed by atoms with Gasteiger partial charge in [0.2, 0.25) is 0 Å². The quantitative estimate of drug-likeness (QED) is 0.263. The fourth-order valence-electron chi connectivity index (χ4n) is 4.17. The van der Waals surface area contributed by atoms with Gasteiger partial charge in [-0.15, -0.1) is 0 Å². The van der Waals surface area contributed by atoms with Gasteiger partial charge in [-0.05, 0) is 85.0 Å². The van der Waals surface area contributed by atoms with Crippen LogP contribution in [0.15, 0.2) is 103 Å². The van der Waals surface area contributed by atoms with Crippen molar-refractivity contribution in [3.63, 3.8) is 0 Å². The summed E-state index contributed by atoms with van der Waals surface area (Å²) in [7, 11) is 1.70. The maximum atomic E-state index is 5.39. The van der Waals surface area contributed by atoms with E-state index >= 15 is 0 Å². The number of rotatable bonds is 7. The van der Waals surface area contributed by atoms with Crippen molar-refractivity contribution in [3.05, 3.63) is 131 Å². The van der Waals surface area contributed by atoms with Crippen molar-refractivity contribution in [2.75, 3.05) is 12.0 Å². The SMILES string of the molecule is COc1ccc(N(c2ccc(/C=C/C=C/c3ccccc3)c(C)c2)c2c(C)cccc2C)cc1. The van der Waals surface area contributed by atoms with E-state index in [1.807, 2.05) is 18.2 Å². The van der Waals surface area contributed by atoms with Crippen molar-refractivity contribution in [2.24, 2.45) is 0 Å². The van der Waals surface area contributed by atoms with Gasteiger partial charge in [-0.25, -0.2) is 0 Å². The van der Waals surface area contributed by atoms with Crippen LogP contribution in [0.25, 0.3) is 12.2 Å². The lowest BCUT2D eigenvalue weighted by molar-refractivity contribution is 0.415. The summed E-state index contributed by atoms with van der Waals surface area (Å²) in [5.74, 6) is 0.852. The molecule has 0 unspecified atom stereocenters. The van der Waals surface area contributed by atoms with Crippen LogP contribution < -0.4 is 9.64 Å². The standard InChI is InChI=1S/C32H31NO/c1-24-11-10-12-25(2)32(24)33(29-19-21-31(34-4)22-20-29)30-18-17-28(26(3)23-30)16-9-8-15-27-13-6-5-7-14-27/h5-23H,1-4H3/b15-8+,16-9+. The molecular formula is C32H31NO. The molecule has 0 aliphatic carbocycles. The number of aryl methyl sites for hydroxylation is 3. The molecule has 4 aromatic rings. The molecule has 2 nitrogen and oxygen atoms in total. The number of hydrogen-bond acceptors (Lipinski definition) is 2. The fourth-order valence-corrected chi connectivity index (χ4v) is 4.17. The smallest absolute Gasteiger partial charge is 0.119 e. The molecule has 0 atom stereocenters. The summed E-state index contributed by atoms with van der Waals surface area (Å²) in [5.41, 5.74) is 9.56. The molecule has 0 aliphatic heterocycles. The van der Waals surface area contributed by atoms with E-state index in [1.54, 1.807) is 7.11 Å². The highest BCUT2D eigenvalue weighted by molar-refractivity contribution is 5.81. The summed E-state index contributed by atoms with van der Waals surface area (Å²) in [6.45, 7) is 6.50. The number of anilines is 3. The summed E-state index contributed by atoms with van der Waals surface area (Å²) in [6, 6.07) is 31.7. The van der Waals surface area contributed by atoms with Gasteiger partial charge in [0, 0.05) is 11.4 Å². The first-order valence-electron chi connectivity index (χ1n) is 11.6. The van der Waals surface area contributed by atoms with E-state index in [4.69, 9.17) is 4.74 Å². The van der Waals surface area contributed by atoms with Crippen molar-refractivity contribution >= 4 is 29.2 Å². The summed E-state index contributed by atoms with van der Waals surface area (Å²) in [4.78, 5) is 2.33. The Bertz CT molecular complexity index is 1280. The van der Waals surface area contributed by atoms with Gasteiger partial charge in [0.1, 0.15) is 5.75 Å². The van der Waals surface area contributed by atoms with Crippen LogP contribution in [-0.4, -0.2) is 7.11 Å². The molecule has 0 fully saturated rings. The number of benzene rings is 4. The Hall–Kier alpha value is -4.04. The van der Waals surface area contributed by atoms with Crippen molar-refractivity contribution in [1.29, 1.82) is 0 Å². The lowest BCUT2D eigenvalue weighted by Crippen LogP contribution is -2.13. The molecular weight excluding hydrogens is 414 g/mol. The first kappa shape index (κ1) is 23.1. The van der Waals surface area contributed by atoms with Gasteiger partial charge >= 0.3 is 0 Å². The van der Waals surface area contributed by atoms with E-state index < -0.39 is 0 Å². The van der Waals surface area contributed by atoms with Crippen LogP contribution >= 0.6 is 0 Å². The van der Waals surface area contributed by atoms with Gasteiger partial charge in [0.15, 0.2) is 0 Å².